The second-order valence-electron chi connectivity index (χ2n) is 5.01. The predicted octanol–water partition coefficient (Wildman–Crippen LogP) is 4.72. The van der Waals surface area contributed by atoms with E-state index < -0.39 is 0 Å². The van der Waals surface area contributed by atoms with Gasteiger partial charge in [0.25, 0.3) is 0 Å². The van der Waals surface area contributed by atoms with Crippen molar-refractivity contribution in [3.63, 3.8) is 0 Å². The van der Waals surface area contributed by atoms with Crippen LogP contribution in [-0.2, 0) is 6.42 Å². The fraction of sp³-hybridized carbons (Fsp3) is 0.250. The maximum atomic E-state index is 6.21. The normalized spacial score (nSPS) is 16.6. The summed E-state index contributed by atoms with van der Waals surface area (Å²) in [5, 5.41) is 4.71. The van der Waals surface area contributed by atoms with E-state index in [1.165, 1.54) is 5.56 Å². The topological polar surface area (TPSA) is 21.3 Å². The summed E-state index contributed by atoms with van der Waals surface area (Å²) in [5.41, 5.74) is 3.08. The number of nitrogens with one attached hydrogen (secondary N) is 1. The van der Waals surface area contributed by atoms with Gasteiger partial charge in [-0.15, -0.1) is 0 Å². The maximum Gasteiger partial charge on any atom is 0.123 e. The number of halogens is 2. The van der Waals surface area contributed by atoms with Crippen molar-refractivity contribution in [3.05, 3.63) is 57.6 Å². The zero-order valence-corrected chi connectivity index (χ0v) is 12.6. The molecule has 0 saturated carbocycles. The van der Waals surface area contributed by atoms with Gasteiger partial charge in [0.2, 0.25) is 0 Å². The van der Waals surface area contributed by atoms with Crippen molar-refractivity contribution >= 4 is 28.9 Å². The second kappa shape index (κ2) is 5.55. The van der Waals surface area contributed by atoms with E-state index in [9.17, 15) is 0 Å². The van der Waals surface area contributed by atoms with E-state index in [0.717, 1.165) is 23.4 Å². The molecule has 20 heavy (non-hydrogen) atoms. The number of hydrogen-bond donors (Lipinski definition) is 1. The zero-order valence-electron chi connectivity index (χ0n) is 11.1. The maximum absolute atomic E-state index is 6.21. The van der Waals surface area contributed by atoms with Crippen molar-refractivity contribution in [2.75, 3.05) is 11.9 Å². The zero-order chi connectivity index (χ0) is 14.1. The molecule has 1 atom stereocenters. The minimum atomic E-state index is 0.128. The van der Waals surface area contributed by atoms with E-state index in [0.29, 0.717) is 16.6 Å². The molecule has 0 aliphatic carbocycles. The smallest absolute Gasteiger partial charge is 0.123 e. The van der Waals surface area contributed by atoms with Gasteiger partial charge in [-0.05, 0) is 36.2 Å². The molecule has 104 valence electrons. The number of ether oxygens (including phenoxy) is 1. The summed E-state index contributed by atoms with van der Waals surface area (Å²) in [5.74, 6) is 0.979. The summed E-state index contributed by atoms with van der Waals surface area (Å²) in [7, 11) is 0. The summed E-state index contributed by atoms with van der Waals surface area (Å²) < 4.78 is 5.88. The van der Waals surface area contributed by atoms with Gasteiger partial charge in [0.1, 0.15) is 11.9 Å². The SMILES string of the molecule is Cc1cc(Cl)c(NCC2Cc3ccccc3O2)cc1Cl. The van der Waals surface area contributed by atoms with Crippen molar-refractivity contribution in [1.82, 2.24) is 0 Å². The van der Waals surface area contributed by atoms with Crippen LogP contribution in [0.2, 0.25) is 10.0 Å². The molecule has 1 unspecified atom stereocenters. The lowest BCUT2D eigenvalue weighted by molar-refractivity contribution is 0.246. The highest BCUT2D eigenvalue weighted by atomic mass is 35.5. The second-order valence-corrected chi connectivity index (χ2v) is 5.83. The molecule has 1 aliphatic heterocycles. The number of rotatable bonds is 3. The minimum Gasteiger partial charge on any atom is -0.488 e. The highest BCUT2D eigenvalue weighted by Gasteiger charge is 2.22. The highest BCUT2D eigenvalue weighted by Crippen LogP contribution is 2.31. The van der Waals surface area contributed by atoms with E-state index in [4.69, 9.17) is 27.9 Å². The lowest BCUT2D eigenvalue weighted by Gasteiger charge is -2.14. The van der Waals surface area contributed by atoms with Crippen LogP contribution in [0.3, 0.4) is 0 Å². The average Bonchev–Trinajstić information content (AvgIpc) is 2.84. The minimum absolute atomic E-state index is 0.128. The van der Waals surface area contributed by atoms with Crippen molar-refractivity contribution in [3.8, 4) is 5.75 Å². The third-order valence-electron chi connectivity index (χ3n) is 3.48. The Bertz CT molecular complexity index is 617. The van der Waals surface area contributed by atoms with Crippen LogP contribution in [0.4, 0.5) is 5.69 Å². The Hall–Kier alpha value is -1.38. The lowest BCUT2D eigenvalue weighted by Crippen LogP contribution is -2.24. The number of fused-ring (bicyclic) bond motifs is 1. The van der Waals surface area contributed by atoms with Gasteiger partial charge in [0.15, 0.2) is 0 Å². The molecular weight excluding hydrogens is 293 g/mol. The first-order chi connectivity index (χ1) is 9.63. The molecule has 0 radical (unpaired) electrons. The van der Waals surface area contributed by atoms with E-state index in [1.807, 2.05) is 37.3 Å². The first kappa shape index (κ1) is 13.6. The summed E-state index contributed by atoms with van der Waals surface area (Å²) in [6, 6.07) is 11.9. The van der Waals surface area contributed by atoms with Crippen LogP contribution in [0.5, 0.6) is 5.75 Å². The fourth-order valence-corrected chi connectivity index (χ4v) is 2.82. The fourth-order valence-electron chi connectivity index (χ4n) is 2.37. The Balaban J connectivity index is 1.66. The van der Waals surface area contributed by atoms with Crippen LogP contribution >= 0.6 is 23.2 Å². The molecule has 0 fully saturated rings. The van der Waals surface area contributed by atoms with Gasteiger partial charge in [-0.1, -0.05) is 41.4 Å². The largest absolute Gasteiger partial charge is 0.488 e. The predicted molar refractivity (Wildman–Crippen MR) is 84.3 cm³/mol. The van der Waals surface area contributed by atoms with E-state index in [-0.39, 0.29) is 6.10 Å². The van der Waals surface area contributed by atoms with E-state index in [2.05, 4.69) is 11.4 Å². The van der Waals surface area contributed by atoms with E-state index in [1.54, 1.807) is 0 Å². The average molecular weight is 308 g/mol. The van der Waals surface area contributed by atoms with Gasteiger partial charge in [0.05, 0.1) is 17.3 Å². The summed E-state index contributed by atoms with van der Waals surface area (Å²) in [4.78, 5) is 0. The van der Waals surface area contributed by atoms with Gasteiger partial charge in [-0.2, -0.15) is 0 Å². The number of anilines is 1. The Kier molecular flexibility index (Phi) is 3.77. The van der Waals surface area contributed by atoms with Gasteiger partial charge in [0, 0.05) is 11.4 Å². The number of hydrogen-bond acceptors (Lipinski definition) is 2. The van der Waals surface area contributed by atoms with Gasteiger partial charge in [-0.3, -0.25) is 0 Å². The van der Waals surface area contributed by atoms with Crippen molar-refractivity contribution < 1.29 is 4.74 Å². The number of para-hydroxylation sites is 1. The van der Waals surface area contributed by atoms with Crippen molar-refractivity contribution in [2.24, 2.45) is 0 Å². The van der Waals surface area contributed by atoms with Gasteiger partial charge < -0.3 is 10.1 Å². The van der Waals surface area contributed by atoms with Crippen LogP contribution in [-0.4, -0.2) is 12.6 Å². The molecule has 0 bridgehead atoms. The Morgan fingerprint density at radius 2 is 2.00 bits per heavy atom. The molecule has 0 spiro atoms. The molecule has 2 nitrogen and oxygen atoms in total. The molecule has 1 heterocycles. The first-order valence-corrected chi connectivity index (χ1v) is 7.33. The van der Waals surface area contributed by atoms with Crippen molar-refractivity contribution in [2.45, 2.75) is 19.4 Å². The van der Waals surface area contributed by atoms with Crippen LogP contribution in [0, 0.1) is 6.92 Å². The molecular formula is C16H15Cl2NO. The van der Waals surface area contributed by atoms with Crippen LogP contribution in [0.25, 0.3) is 0 Å². The molecule has 0 amide bonds. The summed E-state index contributed by atoms with van der Waals surface area (Å²) in [6.07, 6.45) is 1.05. The third kappa shape index (κ3) is 2.72. The Labute approximate surface area is 128 Å². The number of benzene rings is 2. The van der Waals surface area contributed by atoms with E-state index >= 15 is 0 Å². The summed E-state index contributed by atoms with van der Waals surface area (Å²) in [6.45, 7) is 2.64. The lowest BCUT2D eigenvalue weighted by atomic mass is 10.1. The molecule has 1 N–H and O–H groups in total. The Morgan fingerprint density at radius 1 is 1.20 bits per heavy atom. The van der Waals surface area contributed by atoms with Gasteiger partial charge in [-0.25, -0.2) is 0 Å². The molecule has 0 saturated heterocycles. The quantitative estimate of drug-likeness (QED) is 0.886. The first-order valence-electron chi connectivity index (χ1n) is 6.57. The highest BCUT2D eigenvalue weighted by molar-refractivity contribution is 6.35. The molecule has 2 aromatic carbocycles. The van der Waals surface area contributed by atoms with Crippen LogP contribution in [0.1, 0.15) is 11.1 Å². The standard InChI is InChI=1S/C16H15Cl2NO/c1-10-6-14(18)15(8-13(10)17)19-9-12-7-11-4-2-3-5-16(11)20-12/h2-6,8,12,19H,7,9H2,1H3. The van der Waals surface area contributed by atoms with Crippen molar-refractivity contribution in [1.29, 1.82) is 0 Å². The molecule has 4 heteroatoms. The molecule has 0 aromatic heterocycles. The molecule has 1 aliphatic rings. The molecule has 3 rings (SSSR count). The monoisotopic (exact) mass is 307 g/mol. The van der Waals surface area contributed by atoms with Crippen LogP contribution < -0.4 is 10.1 Å². The number of aryl methyl sites for hydroxylation is 1. The Morgan fingerprint density at radius 3 is 2.80 bits per heavy atom. The van der Waals surface area contributed by atoms with Crippen LogP contribution in [0.15, 0.2) is 36.4 Å². The summed E-state index contributed by atoms with van der Waals surface area (Å²) >= 11 is 12.3. The molecule has 2 aromatic rings. The van der Waals surface area contributed by atoms with Gasteiger partial charge >= 0.3 is 0 Å². The third-order valence-corrected chi connectivity index (χ3v) is 4.20.